The molecule has 3 rings (SSSR count). The van der Waals surface area contributed by atoms with Crippen molar-refractivity contribution in [2.45, 2.75) is 9.79 Å². The van der Waals surface area contributed by atoms with Gasteiger partial charge in [-0.2, -0.15) is 0 Å². The van der Waals surface area contributed by atoms with Crippen LogP contribution in [0.3, 0.4) is 0 Å². The molecule has 0 atom stereocenters. The van der Waals surface area contributed by atoms with Crippen molar-refractivity contribution in [3.63, 3.8) is 0 Å². The quantitative estimate of drug-likeness (QED) is 0.455. The maximum absolute atomic E-state index is 12.8. The van der Waals surface area contributed by atoms with E-state index in [0.717, 1.165) is 18.2 Å². The Labute approximate surface area is 179 Å². The standard InChI is InChI=1S/C19H17ClN2O6S2/c1-28-19-5-3-2-4-16(19)21-30(26,27)15-10-11-18(23)17(12-15)22-29(24,25)14-8-6-13(20)7-9-14/h2-12,21-23H,1H3. The van der Waals surface area contributed by atoms with Crippen LogP contribution in [-0.2, 0) is 20.0 Å². The second-order valence-corrected chi connectivity index (χ2v) is 9.85. The van der Waals surface area contributed by atoms with Crippen LogP contribution in [0.25, 0.3) is 0 Å². The molecular weight excluding hydrogens is 452 g/mol. The number of methoxy groups -OCH3 is 1. The van der Waals surface area contributed by atoms with Gasteiger partial charge in [-0.05, 0) is 54.6 Å². The zero-order valence-electron chi connectivity index (χ0n) is 15.5. The van der Waals surface area contributed by atoms with Gasteiger partial charge in [0.2, 0.25) is 0 Å². The first-order valence-corrected chi connectivity index (χ1v) is 11.7. The minimum atomic E-state index is -4.10. The van der Waals surface area contributed by atoms with E-state index in [1.54, 1.807) is 18.2 Å². The molecule has 158 valence electrons. The first-order valence-electron chi connectivity index (χ1n) is 8.39. The minimum Gasteiger partial charge on any atom is -0.506 e. The van der Waals surface area contributed by atoms with Crippen LogP contribution < -0.4 is 14.2 Å². The maximum atomic E-state index is 12.8. The van der Waals surface area contributed by atoms with Crippen molar-refractivity contribution in [3.05, 3.63) is 71.8 Å². The third-order valence-electron chi connectivity index (χ3n) is 4.00. The molecule has 3 aromatic rings. The zero-order chi connectivity index (χ0) is 21.9. The topological polar surface area (TPSA) is 122 Å². The Hall–Kier alpha value is -2.95. The third kappa shape index (κ3) is 4.78. The van der Waals surface area contributed by atoms with E-state index in [-0.39, 0.29) is 21.2 Å². The fourth-order valence-corrected chi connectivity index (χ4v) is 4.80. The van der Waals surface area contributed by atoms with E-state index < -0.39 is 25.8 Å². The van der Waals surface area contributed by atoms with Crippen molar-refractivity contribution in [3.8, 4) is 11.5 Å². The average Bonchev–Trinajstić information content (AvgIpc) is 2.70. The van der Waals surface area contributed by atoms with Crippen molar-refractivity contribution in [2.24, 2.45) is 0 Å². The Kier molecular flexibility index (Phi) is 6.11. The summed E-state index contributed by atoms with van der Waals surface area (Å²) >= 11 is 5.77. The van der Waals surface area contributed by atoms with Crippen LogP contribution in [0.5, 0.6) is 11.5 Å². The fraction of sp³-hybridized carbons (Fsp3) is 0.0526. The smallest absolute Gasteiger partial charge is 0.262 e. The molecule has 3 N–H and O–H groups in total. The van der Waals surface area contributed by atoms with Crippen molar-refractivity contribution in [1.29, 1.82) is 0 Å². The molecule has 0 bridgehead atoms. The highest BCUT2D eigenvalue weighted by atomic mass is 35.5. The Morgan fingerprint density at radius 3 is 2.03 bits per heavy atom. The second-order valence-electron chi connectivity index (χ2n) is 6.04. The molecule has 0 spiro atoms. The highest BCUT2D eigenvalue weighted by molar-refractivity contribution is 7.93. The average molecular weight is 469 g/mol. The summed E-state index contributed by atoms with van der Waals surface area (Å²) in [5.74, 6) is -0.132. The van der Waals surface area contributed by atoms with Crippen molar-refractivity contribution >= 4 is 43.0 Å². The summed E-state index contributed by atoms with van der Waals surface area (Å²) < 4.78 is 60.3. The minimum absolute atomic E-state index is 0.105. The number of hydrogen-bond acceptors (Lipinski definition) is 6. The van der Waals surface area contributed by atoms with Gasteiger partial charge in [-0.1, -0.05) is 23.7 Å². The van der Waals surface area contributed by atoms with Gasteiger partial charge in [0.25, 0.3) is 20.0 Å². The fourth-order valence-electron chi connectivity index (χ4n) is 2.51. The number of benzene rings is 3. The number of sulfonamides is 2. The van der Waals surface area contributed by atoms with Crippen LogP contribution in [0, 0.1) is 0 Å². The monoisotopic (exact) mass is 468 g/mol. The molecule has 30 heavy (non-hydrogen) atoms. The summed E-state index contributed by atoms with van der Waals surface area (Å²) in [6, 6.07) is 15.0. The number of rotatable bonds is 7. The Balaban J connectivity index is 1.93. The highest BCUT2D eigenvalue weighted by Crippen LogP contribution is 2.31. The normalized spacial score (nSPS) is 11.7. The molecule has 11 heteroatoms. The van der Waals surface area contributed by atoms with Gasteiger partial charge in [-0.15, -0.1) is 0 Å². The lowest BCUT2D eigenvalue weighted by Crippen LogP contribution is -2.16. The number of ether oxygens (including phenoxy) is 1. The van der Waals surface area contributed by atoms with Crippen molar-refractivity contribution in [2.75, 3.05) is 16.6 Å². The molecule has 0 radical (unpaired) electrons. The highest BCUT2D eigenvalue weighted by Gasteiger charge is 2.21. The molecule has 0 amide bonds. The lowest BCUT2D eigenvalue weighted by molar-refractivity contribution is 0.417. The van der Waals surface area contributed by atoms with E-state index in [9.17, 15) is 21.9 Å². The number of anilines is 2. The van der Waals surface area contributed by atoms with Gasteiger partial charge >= 0.3 is 0 Å². The van der Waals surface area contributed by atoms with E-state index in [1.165, 1.54) is 37.4 Å². The van der Waals surface area contributed by atoms with Gasteiger partial charge < -0.3 is 9.84 Å². The number of phenolic OH excluding ortho intramolecular Hbond substituents is 1. The molecule has 0 aliphatic heterocycles. The maximum Gasteiger partial charge on any atom is 0.262 e. The van der Waals surface area contributed by atoms with E-state index in [0.29, 0.717) is 10.8 Å². The van der Waals surface area contributed by atoms with Gasteiger partial charge in [0.05, 0.1) is 28.3 Å². The molecule has 0 saturated carbocycles. The molecule has 0 saturated heterocycles. The predicted octanol–water partition coefficient (Wildman–Crippen LogP) is 3.66. The molecular formula is C19H17ClN2O6S2. The van der Waals surface area contributed by atoms with Crippen LogP contribution in [0.1, 0.15) is 0 Å². The third-order valence-corrected chi connectivity index (χ3v) is 6.99. The van der Waals surface area contributed by atoms with Gasteiger partial charge in [0, 0.05) is 5.02 Å². The summed E-state index contributed by atoms with van der Waals surface area (Å²) in [5, 5.41) is 10.4. The Morgan fingerprint density at radius 1 is 0.800 bits per heavy atom. The van der Waals surface area contributed by atoms with Gasteiger partial charge in [-0.3, -0.25) is 9.44 Å². The van der Waals surface area contributed by atoms with Gasteiger partial charge in [0.1, 0.15) is 11.5 Å². The van der Waals surface area contributed by atoms with E-state index in [1.807, 2.05) is 0 Å². The molecule has 0 aliphatic rings. The molecule has 0 unspecified atom stereocenters. The summed E-state index contributed by atoms with van der Waals surface area (Å²) in [4.78, 5) is -0.369. The number of halogens is 1. The van der Waals surface area contributed by atoms with Crippen LogP contribution in [0.15, 0.2) is 76.5 Å². The molecule has 0 aromatic heterocycles. The summed E-state index contributed by atoms with van der Waals surface area (Å²) in [6.45, 7) is 0. The first kappa shape index (κ1) is 21.8. The SMILES string of the molecule is COc1ccccc1NS(=O)(=O)c1ccc(O)c(NS(=O)(=O)c2ccc(Cl)cc2)c1. The number of hydrogen-bond donors (Lipinski definition) is 3. The second kappa shape index (κ2) is 8.42. The summed E-state index contributed by atoms with van der Waals surface area (Å²) in [7, 11) is -6.79. The van der Waals surface area contributed by atoms with E-state index in [2.05, 4.69) is 9.44 Å². The predicted molar refractivity (Wildman–Crippen MR) is 114 cm³/mol. The van der Waals surface area contributed by atoms with Crippen LogP contribution in [-0.4, -0.2) is 29.1 Å². The Morgan fingerprint density at radius 2 is 1.37 bits per heavy atom. The van der Waals surface area contributed by atoms with Crippen LogP contribution >= 0.6 is 11.6 Å². The Bertz CT molecular complexity index is 1280. The molecule has 3 aromatic carbocycles. The summed E-state index contributed by atoms with van der Waals surface area (Å²) in [5.41, 5.74) is -0.0933. The number of nitrogens with one attached hydrogen (secondary N) is 2. The van der Waals surface area contributed by atoms with Gasteiger partial charge in [0.15, 0.2) is 0 Å². The largest absolute Gasteiger partial charge is 0.506 e. The van der Waals surface area contributed by atoms with Crippen molar-refractivity contribution in [1.82, 2.24) is 0 Å². The number of phenols is 1. The van der Waals surface area contributed by atoms with Crippen LogP contribution in [0.2, 0.25) is 5.02 Å². The van der Waals surface area contributed by atoms with Crippen molar-refractivity contribution < 1.29 is 26.7 Å². The van der Waals surface area contributed by atoms with Gasteiger partial charge in [-0.25, -0.2) is 16.8 Å². The zero-order valence-corrected chi connectivity index (χ0v) is 17.9. The van der Waals surface area contributed by atoms with E-state index >= 15 is 0 Å². The first-order chi connectivity index (χ1) is 14.1. The van der Waals surface area contributed by atoms with Crippen LogP contribution in [0.4, 0.5) is 11.4 Å². The summed E-state index contributed by atoms with van der Waals surface area (Å²) in [6.07, 6.45) is 0. The molecule has 0 fully saturated rings. The lowest BCUT2D eigenvalue weighted by Gasteiger charge is -2.14. The number of para-hydroxylation sites is 2. The molecule has 8 nitrogen and oxygen atoms in total. The van der Waals surface area contributed by atoms with E-state index in [4.69, 9.17) is 16.3 Å². The number of aromatic hydroxyl groups is 1. The molecule has 0 aliphatic carbocycles. The lowest BCUT2D eigenvalue weighted by atomic mass is 10.3. The molecule has 0 heterocycles.